The van der Waals surface area contributed by atoms with Gasteiger partial charge in [-0.3, -0.25) is 4.79 Å². The van der Waals surface area contributed by atoms with E-state index in [1.807, 2.05) is 24.5 Å². The number of amides is 1. The summed E-state index contributed by atoms with van der Waals surface area (Å²) in [5.41, 5.74) is 0.856. The molecule has 1 fully saturated rings. The number of para-hydroxylation sites is 1. The quantitative estimate of drug-likeness (QED) is 0.572. The highest BCUT2D eigenvalue weighted by Crippen LogP contribution is 2.33. The van der Waals surface area contributed by atoms with Crippen LogP contribution in [-0.2, 0) is 14.8 Å². The topological polar surface area (TPSA) is 79.4 Å². The smallest absolute Gasteiger partial charge is 0.243 e. The lowest BCUT2D eigenvalue weighted by Gasteiger charge is -2.31. The number of thioether (sulfide) groups is 1. The molecule has 0 saturated carbocycles. The second-order valence-electron chi connectivity index (χ2n) is 6.97. The van der Waals surface area contributed by atoms with E-state index in [0.717, 1.165) is 27.2 Å². The lowest BCUT2D eigenvalue weighted by molar-refractivity contribution is -0.120. The van der Waals surface area contributed by atoms with Crippen LogP contribution < -0.4 is 5.32 Å². The standard InChI is InChI=1S/C20H20FN3O3S3/c1-28-16-5-2-6-17-18(16)22-20(29-17)23-19(25)13-4-3-11-24(12-13)30(26,27)15-9-7-14(21)8-10-15/h2,5-10,13H,3-4,11-12H2,1H3,(H,22,23,25). The van der Waals surface area contributed by atoms with Crippen molar-refractivity contribution >= 4 is 54.4 Å². The lowest BCUT2D eigenvalue weighted by Crippen LogP contribution is -2.43. The van der Waals surface area contributed by atoms with E-state index in [9.17, 15) is 17.6 Å². The number of rotatable bonds is 5. The number of aromatic nitrogens is 1. The Bertz CT molecular complexity index is 1180. The first-order valence-electron chi connectivity index (χ1n) is 9.38. The minimum atomic E-state index is -3.78. The van der Waals surface area contributed by atoms with Crippen molar-refractivity contribution in [3.05, 3.63) is 48.3 Å². The number of nitrogens with one attached hydrogen (secondary N) is 1. The first-order valence-corrected chi connectivity index (χ1v) is 12.9. The van der Waals surface area contributed by atoms with Crippen LogP contribution in [-0.4, -0.2) is 43.0 Å². The molecule has 0 bridgehead atoms. The van der Waals surface area contributed by atoms with Crippen LogP contribution in [0.2, 0.25) is 0 Å². The molecule has 10 heteroatoms. The van der Waals surface area contributed by atoms with Crippen molar-refractivity contribution in [2.45, 2.75) is 22.6 Å². The fraction of sp³-hybridized carbons (Fsp3) is 0.300. The van der Waals surface area contributed by atoms with Gasteiger partial charge in [-0.15, -0.1) is 11.8 Å². The fourth-order valence-electron chi connectivity index (χ4n) is 3.48. The van der Waals surface area contributed by atoms with Crippen molar-refractivity contribution in [2.24, 2.45) is 5.92 Å². The number of sulfonamides is 1. The summed E-state index contributed by atoms with van der Waals surface area (Å²) >= 11 is 2.99. The van der Waals surface area contributed by atoms with Crippen molar-refractivity contribution in [1.29, 1.82) is 0 Å². The highest BCUT2D eigenvalue weighted by Gasteiger charge is 2.33. The van der Waals surface area contributed by atoms with Crippen LogP contribution in [0.1, 0.15) is 12.8 Å². The van der Waals surface area contributed by atoms with Gasteiger partial charge in [-0.1, -0.05) is 17.4 Å². The summed E-state index contributed by atoms with van der Waals surface area (Å²) in [7, 11) is -3.78. The van der Waals surface area contributed by atoms with E-state index < -0.39 is 21.8 Å². The molecule has 1 atom stereocenters. The summed E-state index contributed by atoms with van der Waals surface area (Å²) < 4.78 is 41.2. The molecule has 4 rings (SSSR count). The van der Waals surface area contributed by atoms with Crippen LogP contribution in [0, 0.1) is 11.7 Å². The molecular weight excluding hydrogens is 445 g/mol. The first-order chi connectivity index (χ1) is 14.4. The van der Waals surface area contributed by atoms with Gasteiger partial charge in [-0.2, -0.15) is 4.31 Å². The number of hydrogen-bond acceptors (Lipinski definition) is 6. The Morgan fingerprint density at radius 2 is 2.03 bits per heavy atom. The number of halogens is 1. The predicted molar refractivity (Wildman–Crippen MR) is 118 cm³/mol. The molecule has 2 heterocycles. The number of thiazole rings is 1. The van der Waals surface area contributed by atoms with E-state index in [1.54, 1.807) is 11.8 Å². The summed E-state index contributed by atoms with van der Waals surface area (Å²) in [6.07, 6.45) is 3.15. The number of piperidine rings is 1. The highest BCUT2D eigenvalue weighted by atomic mass is 32.2. The Balaban J connectivity index is 1.49. The summed E-state index contributed by atoms with van der Waals surface area (Å²) in [5.74, 6) is -1.20. The zero-order valence-electron chi connectivity index (χ0n) is 16.2. The monoisotopic (exact) mass is 465 g/mol. The molecule has 3 aromatic rings. The van der Waals surface area contributed by atoms with E-state index >= 15 is 0 Å². The number of carbonyl (C=O) groups excluding carboxylic acids is 1. The van der Waals surface area contributed by atoms with Gasteiger partial charge in [-0.25, -0.2) is 17.8 Å². The van der Waals surface area contributed by atoms with Gasteiger partial charge in [0.2, 0.25) is 15.9 Å². The molecule has 1 amide bonds. The van der Waals surface area contributed by atoms with Crippen molar-refractivity contribution in [2.75, 3.05) is 24.7 Å². The van der Waals surface area contributed by atoms with Gasteiger partial charge in [0.15, 0.2) is 5.13 Å². The third-order valence-electron chi connectivity index (χ3n) is 5.04. The maximum Gasteiger partial charge on any atom is 0.243 e. The number of fused-ring (bicyclic) bond motifs is 1. The average molecular weight is 466 g/mol. The molecule has 1 aliphatic rings. The zero-order valence-corrected chi connectivity index (χ0v) is 18.6. The van der Waals surface area contributed by atoms with Gasteiger partial charge in [0.25, 0.3) is 0 Å². The Morgan fingerprint density at radius 3 is 2.77 bits per heavy atom. The molecule has 1 aromatic heterocycles. The maximum atomic E-state index is 13.1. The third kappa shape index (κ3) is 4.22. The molecule has 6 nitrogen and oxygen atoms in total. The van der Waals surface area contributed by atoms with Crippen LogP contribution in [0.3, 0.4) is 0 Å². The van der Waals surface area contributed by atoms with Gasteiger partial charge in [0.05, 0.1) is 21.0 Å². The second kappa shape index (κ2) is 8.62. The molecule has 2 aromatic carbocycles. The normalized spacial score (nSPS) is 17.9. The molecule has 1 saturated heterocycles. The Kier molecular flexibility index (Phi) is 6.10. The highest BCUT2D eigenvalue weighted by molar-refractivity contribution is 7.98. The van der Waals surface area contributed by atoms with Crippen LogP contribution in [0.15, 0.2) is 52.3 Å². The maximum absolute atomic E-state index is 13.1. The van der Waals surface area contributed by atoms with Gasteiger partial charge in [-0.05, 0) is 55.5 Å². The van der Waals surface area contributed by atoms with Gasteiger partial charge >= 0.3 is 0 Å². The molecule has 1 unspecified atom stereocenters. The average Bonchev–Trinajstić information content (AvgIpc) is 3.16. The summed E-state index contributed by atoms with van der Waals surface area (Å²) in [6, 6.07) is 10.6. The van der Waals surface area contributed by atoms with Gasteiger partial charge in [0.1, 0.15) is 5.82 Å². The van der Waals surface area contributed by atoms with E-state index in [2.05, 4.69) is 10.3 Å². The number of hydrogen-bond donors (Lipinski definition) is 1. The largest absolute Gasteiger partial charge is 0.302 e. The number of anilines is 1. The Morgan fingerprint density at radius 1 is 1.27 bits per heavy atom. The molecule has 0 spiro atoms. The lowest BCUT2D eigenvalue weighted by atomic mass is 9.99. The summed E-state index contributed by atoms with van der Waals surface area (Å²) in [5, 5.41) is 3.37. The van der Waals surface area contributed by atoms with Gasteiger partial charge in [0, 0.05) is 18.0 Å². The molecule has 1 N–H and O–H groups in total. The minimum absolute atomic E-state index is 0.0285. The van der Waals surface area contributed by atoms with Crippen LogP contribution in [0.25, 0.3) is 10.2 Å². The van der Waals surface area contributed by atoms with E-state index in [4.69, 9.17) is 0 Å². The van der Waals surface area contributed by atoms with Crippen LogP contribution in [0.4, 0.5) is 9.52 Å². The molecule has 0 radical (unpaired) electrons. The Hall–Kier alpha value is -2.01. The number of nitrogens with zero attached hydrogens (tertiary/aromatic N) is 2. The first kappa shape index (κ1) is 21.2. The number of benzene rings is 2. The predicted octanol–water partition coefficient (Wildman–Crippen LogP) is 4.20. The van der Waals surface area contributed by atoms with Gasteiger partial charge < -0.3 is 5.32 Å². The summed E-state index contributed by atoms with van der Waals surface area (Å²) in [4.78, 5) is 18.4. The van der Waals surface area contributed by atoms with E-state index in [1.165, 1.54) is 27.8 Å². The molecular formula is C20H20FN3O3S3. The molecule has 158 valence electrons. The number of carbonyl (C=O) groups is 1. The molecule has 0 aliphatic carbocycles. The van der Waals surface area contributed by atoms with Crippen LogP contribution in [0.5, 0.6) is 0 Å². The van der Waals surface area contributed by atoms with E-state index in [-0.39, 0.29) is 17.3 Å². The second-order valence-corrected chi connectivity index (χ2v) is 10.8. The zero-order chi connectivity index (χ0) is 21.3. The van der Waals surface area contributed by atoms with E-state index in [0.29, 0.717) is 24.5 Å². The summed E-state index contributed by atoms with van der Waals surface area (Å²) in [6.45, 7) is 0.425. The molecule has 1 aliphatic heterocycles. The van der Waals surface area contributed by atoms with Crippen molar-refractivity contribution in [3.63, 3.8) is 0 Å². The molecule has 30 heavy (non-hydrogen) atoms. The van der Waals surface area contributed by atoms with Crippen LogP contribution >= 0.6 is 23.1 Å². The fourth-order valence-corrected chi connectivity index (χ4v) is 6.53. The third-order valence-corrected chi connectivity index (χ3v) is 8.62. The van der Waals surface area contributed by atoms with Crippen molar-refractivity contribution in [3.8, 4) is 0 Å². The Labute approximate surface area is 182 Å². The van der Waals surface area contributed by atoms with Crippen molar-refractivity contribution < 1.29 is 17.6 Å². The van der Waals surface area contributed by atoms with Crippen molar-refractivity contribution in [1.82, 2.24) is 9.29 Å². The SMILES string of the molecule is CSc1cccc2sc(NC(=O)C3CCCN(S(=O)(=O)c4ccc(F)cc4)C3)nc12. The minimum Gasteiger partial charge on any atom is -0.302 e.